The number of nitrogens with two attached hydrogens (primary N) is 3. The van der Waals surface area contributed by atoms with Crippen molar-refractivity contribution in [3.05, 3.63) is 29.8 Å². The van der Waals surface area contributed by atoms with Gasteiger partial charge >= 0.3 is 5.97 Å². The van der Waals surface area contributed by atoms with Crippen LogP contribution in [0.2, 0.25) is 0 Å². The van der Waals surface area contributed by atoms with Gasteiger partial charge < -0.3 is 43.4 Å². The number of aliphatic carboxylic acids is 1. The highest BCUT2D eigenvalue weighted by Gasteiger charge is 2.29. The number of carbonyl (C=O) groups excluding carboxylic acids is 5. The van der Waals surface area contributed by atoms with Crippen molar-refractivity contribution < 1.29 is 39.0 Å². The largest absolute Gasteiger partial charge is 0.508 e. The van der Waals surface area contributed by atoms with Gasteiger partial charge in [-0.25, -0.2) is 0 Å². The quantitative estimate of drug-likeness (QED) is 0.123. The van der Waals surface area contributed by atoms with Crippen molar-refractivity contribution in [3.8, 4) is 5.75 Å². The lowest BCUT2D eigenvalue weighted by atomic mass is 10.0. The van der Waals surface area contributed by atoms with Crippen molar-refractivity contribution in [2.45, 2.75) is 63.2 Å². The molecule has 0 aromatic heterocycles. The molecule has 0 aliphatic carbocycles. The summed E-state index contributed by atoms with van der Waals surface area (Å²) in [6.45, 7) is 1.21. The molecule has 0 saturated carbocycles. The summed E-state index contributed by atoms with van der Waals surface area (Å²) < 4.78 is 0. The van der Waals surface area contributed by atoms with Gasteiger partial charge in [0.25, 0.3) is 0 Å². The molecule has 1 aromatic rings. The Bertz CT molecular complexity index is 968. The number of benzene rings is 1. The van der Waals surface area contributed by atoms with E-state index < -0.39 is 59.7 Å². The Morgan fingerprint density at radius 3 is 1.69 bits per heavy atom. The fraction of sp³-hybridized carbons (Fsp3) is 0.455. The summed E-state index contributed by atoms with van der Waals surface area (Å²) in [5.41, 5.74) is 16.9. The predicted molar refractivity (Wildman–Crippen MR) is 126 cm³/mol. The maximum absolute atomic E-state index is 12.9. The van der Waals surface area contributed by atoms with Crippen LogP contribution >= 0.6 is 0 Å². The summed E-state index contributed by atoms with van der Waals surface area (Å²) in [6, 6.07) is 0.927. The number of primary amides is 2. The van der Waals surface area contributed by atoms with Crippen LogP contribution in [0.15, 0.2) is 24.3 Å². The van der Waals surface area contributed by atoms with Crippen LogP contribution < -0.4 is 33.2 Å². The minimum atomic E-state index is -1.36. The number of hydrogen-bond acceptors (Lipinski definition) is 8. The topological polar surface area (TPSA) is 257 Å². The molecule has 0 bridgehead atoms. The second-order valence-corrected chi connectivity index (χ2v) is 8.18. The third-order valence-electron chi connectivity index (χ3n) is 5.08. The van der Waals surface area contributed by atoms with Gasteiger partial charge in [-0.05, 0) is 43.9 Å². The summed E-state index contributed by atoms with van der Waals surface area (Å²) in [4.78, 5) is 71.6. The molecule has 0 spiro atoms. The Balaban J connectivity index is 2.97. The van der Waals surface area contributed by atoms with Crippen molar-refractivity contribution in [2.75, 3.05) is 0 Å². The summed E-state index contributed by atoms with van der Waals surface area (Å²) in [5, 5.41) is 25.3. The Morgan fingerprint density at radius 1 is 0.806 bits per heavy atom. The van der Waals surface area contributed by atoms with E-state index in [1.165, 1.54) is 19.1 Å². The van der Waals surface area contributed by atoms with Gasteiger partial charge in [-0.3, -0.25) is 28.8 Å². The van der Waals surface area contributed by atoms with Crippen molar-refractivity contribution in [2.24, 2.45) is 17.2 Å². The lowest BCUT2D eigenvalue weighted by Gasteiger charge is -2.24. The first-order valence-corrected chi connectivity index (χ1v) is 11.0. The molecular weight excluding hydrogens is 476 g/mol. The van der Waals surface area contributed by atoms with Crippen LogP contribution in [0, 0.1) is 0 Å². The van der Waals surface area contributed by atoms with E-state index >= 15 is 0 Å². The minimum absolute atomic E-state index is 0.0348. The number of phenols is 1. The van der Waals surface area contributed by atoms with E-state index in [1.54, 1.807) is 12.1 Å². The van der Waals surface area contributed by atoms with Crippen LogP contribution in [0.25, 0.3) is 0 Å². The van der Waals surface area contributed by atoms with E-state index in [-0.39, 0.29) is 37.9 Å². The average Bonchev–Trinajstić information content (AvgIpc) is 2.79. The van der Waals surface area contributed by atoms with E-state index in [1.807, 2.05) is 0 Å². The smallest absolute Gasteiger partial charge is 0.325 e. The first kappa shape index (κ1) is 29.8. The molecule has 1 aromatic carbocycles. The standard InChI is InChI=1S/C22H32N6O8/c1-11(22(35)36)26-20(33)15(6-8-17(24)30)28-21(34)16(7-9-18(25)31)27-19(32)14(23)10-12-2-4-13(29)5-3-12/h2-5,11,14-16,29H,6-10,23H2,1H3,(H2,24,30)(H2,25,31)(H,26,33)(H,27,32)(H,28,34)(H,35,36). The molecule has 14 nitrogen and oxygen atoms in total. The average molecular weight is 509 g/mol. The van der Waals surface area contributed by atoms with Crippen molar-refractivity contribution in [1.29, 1.82) is 0 Å². The Hall–Kier alpha value is -4.20. The predicted octanol–water partition coefficient (Wildman–Crippen LogP) is -2.65. The first-order valence-electron chi connectivity index (χ1n) is 11.0. The normalized spacial score (nSPS) is 13.9. The van der Waals surface area contributed by atoms with E-state index in [4.69, 9.17) is 22.3 Å². The number of amides is 5. The fourth-order valence-corrected chi connectivity index (χ4v) is 3.02. The van der Waals surface area contributed by atoms with Gasteiger partial charge in [0.2, 0.25) is 29.5 Å². The van der Waals surface area contributed by atoms with E-state index in [2.05, 4.69) is 16.0 Å². The molecule has 5 amide bonds. The molecule has 0 heterocycles. The van der Waals surface area contributed by atoms with Crippen molar-refractivity contribution >= 4 is 35.5 Å². The number of carboxylic acids is 1. The summed E-state index contributed by atoms with van der Waals surface area (Å²) in [7, 11) is 0. The van der Waals surface area contributed by atoms with Crippen molar-refractivity contribution in [3.63, 3.8) is 0 Å². The molecule has 0 aliphatic heterocycles. The van der Waals surface area contributed by atoms with Gasteiger partial charge in [0.05, 0.1) is 6.04 Å². The highest BCUT2D eigenvalue weighted by atomic mass is 16.4. The zero-order valence-corrected chi connectivity index (χ0v) is 19.7. The molecule has 14 heteroatoms. The SMILES string of the molecule is CC(NC(=O)C(CCC(N)=O)NC(=O)C(CCC(N)=O)NC(=O)C(N)Cc1ccc(O)cc1)C(=O)O. The zero-order valence-electron chi connectivity index (χ0n) is 19.7. The number of carbonyl (C=O) groups is 6. The van der Waals surface area contributed by atoms with E-state index in [0.29, 0.717) is 5.56 Å². The van der Waals surface area contributed by atoms with Crippen LogP contribution in [-0.2, 0) is 35.2 Å². The van der Waals surface area contributed by atoms with Crippen LogP contribution in [-0.4, -0.2) is 69.9 Å². The second kappa shape index (κ2) is 14.3. The number of carboxylic acid groups (broad SMARTS) is 1. The monoisotopic (exact) mass is 508 g/mol. The summed E-state index contributed by atoms with van der Waals surface area (Å²) in [6.07, 6.45) is -0.951. The highest BCUT2D eigenvalue weighted by molar-refractivity contribution is 5.94. The number of aromatic hydroxyl groups is 1. The maximum Gasteiger partial charge on any atom is 0.325 e. The lowest BCUT2D eigenvalue weighted by Crippen LogP contribution is -2.57. The number of rotatable bonds is 15. The van der Waals surface area contributed by atoms with Crippen molar-refractivity contribution in [1.82, 2.24) is 16.0 Å². The van der Waals surface area contributed by atoms with E-state index in [0.717, 1.165) is 0 Å². The molecule has 1 rings (SSSR count). The van der Waals surface area contributed by atoms with Crippen LogP contribution in [0.1, 0.15) is 38.2 Å². The number of hydrogen-bond donors (Lipinski definition) is 8. The molecule has 198 valence electrons. The third kappa shape index (κ3) is 10.8. The van der Waals surface area contributed by atoms with Gasteiger partial charge in [-0.2, -0.15) is 0 Å². The van der Waals surface area contributed by atoms with Gasteiger partial charge in [-0.1, -0.05) is 12.1 Å². The lowest BCUT2D eigenvalue weighted by molar-refractivity contribution is -0.142. The van der Waals surface area contributed by atoms with Crippen LogP contribution in [0.3, 0.4) is 0 Å². The number of phenolic OH excluding ortho intramolecular Hbond substituents is 1. The third-order valence-corrected chi connectivity index (χ3v) is 5.08. The maximum atomic E-state index is 12.9. The zero-order chi connectivity index (χ0) is 27.4. The molecular formula is C22H32N6O8. The highest BCUT2D eigenvalue weighted by Crippen LogP contribution is 2.11. The van der Waals surface area contributed by atoms with Gasteiger partial charge in [0.15, 0.2) is 0 Å². The Labute approximate surface area is 206 Å². The molecule has 11 N–H and O–H groups in total. The minimum Gasteiger partial charge on any atom is -0.508 e. The van der Waals surface area contributed by atoms with Gasteiger partial charge in [0.1, 0.15) is 23.9 Å². The molecule has 0 aliphatic rings. The molecule has 0 radical (unpaired) electrons. The second-order valence-electron chi connectivity index (χ2n) is 8.18. The Kier molecular flexibility index (Phi) is 11.8. The molecule has 4 atom stereocenters. The Morgan fingerprint density at radius 2 is 1.25 bits per heavy atom. The number of nitrogens with one attached hydrogen (secondary N) is 3. The van der Waals surface area contributed by atoms with Gasteiger partial charge in [0, 0.05) is 12.8 Å². The summed E-state index contributed by atoms with van der Waals surface area (Å²) in [5.74, 6) is -5.28. The summed E-state index contributed by atoms with van der Waals surface area (Å²) >= 11 is 0. The van der Waals surface area contributed by atoms with Gasteiger partial charge in [-0.15, -0.1) is 0 Å². The molecule has 0 fully saturated rings. The first-order chi connectivity index (χ1) is 16.8. The van der Waals surface area contributed by atoms with E-state index in [9.17, 15) is 33.9 Å². The van der Waals surface area contributed by atoms with Crippen LogP contribution in [0.5, 0.6) is 5.75 Å². The molecule has 4 unspecified atom stereocenters. The fourth-order valence-electron chi connectivity index (χ4n) is 3.02. The molecule has 36 heavy (non-hydrogen) atoms. The molecule has 0 saturated heterocycles. The van der Waals surface area contributed by atoms with Crippen LogP contribution in [0.4, 0.5) is 0 Å².